The van der Waals surface area contributed by atoms with E-state index in [2.05, 4.69) is 52.0 Å². The van der Waals surface area contributed by atoms with Crippen LogP contribution in [0.4, 0.5) is 0 Å². The quantitative estimate of drug-likeness (QED) is 0.799. The van der Waals surface area contributed by atoms with Crippen LogP contribution in [0, 0.1) is 6.92 Å². The van der Waals surface area contributed by atoms with Crippen molar-refractivity contribution in [1.29, 1.82) is 0 Å². The van der Waals surface area contributed by atoms with Crippen LogP contribution in [0.25, 0.3) is 5.65 Å². The smallest absolute Gasteiger partial charge is 0.253 e. The predicted octanol–water partition coefficient (Wildman–Crippen LogP) is 1.94. The van der Waals surface area contributed by atoms with Gasteiger partial charge in [-0.05, 0) is 54.3 Å². The molecule has 3 aromatic rings. The van der Waals surface area contributed by atoms with Gasteiger partial charge in [-0.2, -0.15) is 4.52 Å². The fourth-order valence-corrected chi connectivity index (χ4v) is 2.78. The molecule has 6 heteroatoms. The highest BCUT2D eigenvalue weighted by Gasteiger charge is 2.44. The minimum atomic E-state index is -0.109. The molecular formula is C17H17N5O. The molecule has 1 N–H and O–H groups in total. The summed E-state index contributed by atoms with van der Waals surface area (Å²) >= 11 is 0. The number of fused-ring (bicyclic) bond motifs is 1. The van der Waals surface area contributed by atoms with Crippen molar-refractivity contribution in [3.63, 3.8) is 0 Å². The number of pyridine rings is 1. The van der Waals surface area contributed by atoms with E-state index in [0.29, 0.717) is 11.2 Å². The van der Waals surface area contributed by atoms with Gasteiger partial charge in [0.15, 0.2) is 5.65 Å². The normalized spacial score (nSPS) is 15.5. The van der Waals surface area contributed by atoms with Gasteiger partial charge in [0.2, 0.25) is 0 Å². The molecule has 0 bridgehead atoms. The number of carbonyl (C=O) groups is 1. The van der Waals surface area contributed by atoms with Gasteiger partial charge < -0.3 is 5.32 Å². The average Bonchev–Trinajstić information content (AvgIpc) is 3.12. The van der Waals surface area contributed by atoms with Crippen LogP contribution >= 0.6 is 0 Å². The number of rotatable bonds is 4. The van der Waals surface area contributed by atoms with Gasteiger partial charge in [0.1, 0.15) is 0 Å². The van der Waals surface area contributed by atoms with E-state index in [1.165, 1.54) is 15.6 Å². The van der Waals surface area contributed by atoms with E-state index in [-0.39, 0.29) is 11.4 Å². The van der Waals surface area contributed by atoms with Crippen LogP contribution in [-0.2, 0) is 6.42 Å². The molecule has 0 unspecified atom stereocenters. The molecule has 0 spiro atoms. The minimum Gasteiger partial charge on any atom is -0.346 e. The van der Waals surface area contributed by atoms with Gasteiger partial charge >= 0.3 is 0 Å². The van der Waals surface area contributed by atoms with Gasteiger partial charge in [-0.15, -0.1) is 5.10 Å². The Balaban J connectivity index is 1.50. The van der Waals surface area contributed by atoms with Gasteiger partial charge in [0.25, 0.3) is 5.91 Å². The molecule has 6 nitrogen and oxygen atoms in total. The summed E-state index contributed by atoms with van der Waals surface area (Å²) in [5.41, 5.74) is 3.59. The second-order valence-electron chi connectivity index (χ2n) is 6.30. The van der Waals surface area contributed by atoms with Crippen molar-refractivity contribution in [1.82, 2.24) is 25.4 Å². The van der Waals surface area contributed by atoms with Crippen molar-refractivity contribution in [2.24, 2.45) is 0 Å². The van der Waals surface area contributed by atoms with Gasteiger partial charge in [0, 0.05) is 11.7 Å². The van der Waals surface area contributed by atoms with E-state index in [9.17, 15) is 4.79 Å². The second kappa shape index (κ2) is 5.15. The minimum absolute atomic E-state index is 0.0768. The van der Waals surface area contributed by atoms with Crippen molar-refractivity contribution in [3.05, 3.63) is 59.3 Å². The van der Waals surface area contributed by atoms with E-state index >= 15 is 0 Å². The third kappa shape index (κ3) is 2.79. The lowest BCUT2D eigenvalue weighted by atomic mass is 10.0. The predicted molar refractivity (Wildman–Crippen MR) is 85.1 cm³/mol. The molecule has 0 atom stereocenters. The second-order valence-corrected chi connectivity index (χ2v) is 6.30. The van der Waals surface area contributed by atoms with Gasteiger partial charge in [-0.25, -0.2) is 0 Å². The molecule has 0 saturated heterocycles. The molecule has 0 radical (unpaired) electrons. The lowest BCUT2D eigenvalue weighted by Gasteiger charge is -2.17. The van der Waals surface area contributed by atoms with Crippen LogP contribution in [-0.4, -0.2) is 31.5 Å². The number of hydrogen-bond donors (Lipinski definition) is 1. The SMILES string of the molecule is Cc1ccc(CC2(NC(=O)c3ccc4nnnn4c3)CC2)cc1. The van der Waals surface area contributed by atoms with Crippen molar-refractivity contribution >= 4 is 11.6 Å². The summed E-state index contributed by atoms with van der Waals surface area (Å²) in [4.78, 5) is 12.5. The average molecular weight is 307 g/mol. The third-order valence-electron chi connectivity index (χ3n) is 4.35. The van der Waals surface area contributed by atoms with E-state index < -0.39 is 0 Å². The van der Waals surface area contributed by atoms with Crippen molar-refractivity contribution < 1.29 is 4.79 Å². The number of amides is 1. The fraction of sp³-hybridized carbons (Fsp3) is 0.294. The molecule has 0 aliphatic heterocycles. The Morgan fingerprint density at radius 3 is 2.74 bits per heavy atom. The number of aryl methyl sites for hydroxylation is 1. The molecule has 1 aromatic carbocycles. The zero-order chi connectivity index (χ0) is 15.9. The molecule has 23 heavy (non-hydrogen) atoms. The van der Waals surface area contributed by atoms with E-state index in [1.807, 2.05) is 0 Å². The van der Waals surface area contributed by atoms with E-state index in [1.54, 1.807) is 18.3 Å². The van der Waals surface area contributed by atoms with E-state index in [4.69, 9.17) is 0 Å². The zero-order valence-electron chi connectivity index (χ0n) is 12.9. The third-order valence-corrected chi connectivity index (χ3v) is 4.35. The number of aromatic nitrogens is 4. The summed E-state index contributed by atoms with van der Waals surface area (Å²) in [6, 6.07) is 12.0. The van der Waals surface area contributed by atoms with Crippen LogP contribution in [0.2, 0.25) is 0 Å². The van der Waals surface area contributed by atoms with Crippen LogP contribution in [0.5, 0.6) is 0 Å². The first kappa shape index (κ1) is 13.9. The Hall–Kier alpha value is -2.76. The highest BCUT2D eigenvalue weighted by Crippen LogP contribution is 2.39. The molecule has 1 fully saturated rings. The molecule has 1 amide bonds. The van der Waals surface area contributed by atoms with Crippen molar-refractivity contribution in [2.75, 3.05) is 0 Å². The van der Waals surface area contributed by atoms with Crippen molar-refractivity contribution in [3.8, 4) is 0 Å². The number of carbonyl (C=O) groups excluding carboxylic acids is 1. The summed E-state index contributed by atoms with van der Waals surface area (Å²) in [6.45, 7) is 2.08. The number of hydrogen-bond acceptors (Lipinski definition) is 4. The van der Waals surface area contributed by atoms with Crippen molar-refractivity contribution in [2.45, 2.75) is 31.7 Å². The summed E-state index contributed by atoms with van der Waals surface area (Å²) < 4.78 is 1.51. The number of nitrogens with one attached hydrogen (secondary N) is 1. The van der Waals surface area contributed by atoms with Gasteiger partial charge in [-0.1, -0.05) is 29.8 Å². The number of benzene rings is 1. The standard InChI is InChI=1S/C17H17N5O/c1-12-2-4-13(5-3-12)10-17(8-9-17)18-16(23)14-6-7-15-19-20-21-22(15)11-14/h2-7,11H,8-10H2,1H3,(H,18,23). The molecule has 4 rings (SSSR count). The Labute approximate surface area is 133 Å². The summed E-state index contributed by atoms with van der Waals surface area (Å²) in [7, 11) is 0. The first-order chi connectivity index (χ1) is 11.1. The van der Waals surface area contributed by atoms with Crippen LogP contribution in [0.3, 0.4) is 0 Å². The largest absolute Gasteiger partial charge is 0.346 e. The lowest BCUT2D eigenvalue weighted by Crippen LogP contribution is -2.38. The van der Waals surface area contributed by atoms with Gasteiger partial charge in [0.05, 0.1) is 5.56 Å². The monoisotopic (exact) mass is 307 g/mol. The molecule has 1 saturated carbocycles. The lowest BCUT2D eigenvalue weighted by molar-refractivity contribution is 0.0931. The zero-order valence-corrected chi connectivity index (χ0v) is 12.9. The number of tetrazole rings is 1. The Kier molecular flexibility index (Phi) is 3.11. The maximum Gasteiger partial charge on any atom is 0.253 e. The Morgan fingerprint density at radius 1 is 1.22 bits per heavy atom. The molecule has 2 heterocycles. The van der Waals surface area contributed by atoms with Gasteiger partial charge in [-0.3, -0.25) is 4.79 Å². The highest BCUT2D eigenvalue weighted by atomic mass is 16.1. The van der Waals surface area contributed by atoms with Crippen LogP contribution in [0.15, 0.2) is 42.6 Å². The maximum atomic E-state index is 12.5. The molecule has 2 aromatic heterocycles. The Morgan fingerprint density at radius 2 is 2.00 bits per heavy atom. The topological polar surface area (TPSA) is 72.2 Å². The summed E-state index contributed by atoms with van der Waals surface area (Å²) in [5, 5.41) is 14.4. The fourth-order valence-electron chi connectivity index (χ4n) is 2.78. The van der Waals surface area contributed by atoms with E-state index in [0.717, 1.165) is 19.3 Å². The first-order valence-corrected chi connectivity index (χ1v) is 7.69. The first-order valence-electron chi connectivity index (χ1n) is 7.69. The molecule has 1 aliphatic rings. The number of nitrogens with zero attached hydrogens (tertiary/aromatic N) is 4. The summed E-state index contributed by atoms with van der Waals surface area (Å²) in [6.07, 6.45) is 4.55. The molecule has 1 aliphatic carbocycles. The molecular weight excluding hydrogens is 290 g/mol. The maximum absolute atomic E-state index is 12.5. The Bertz CT molecular complexity index is 864. The summed E-state index contributed by atoms with van der Waals surface area (Å²) in [5.74, 6) is -0.0768. The highest BCUT2D eigenvalue weighted by molar-refractivity contribution is 5.95. The molecule has 116 valence electrons. The van der Waals surface area contributed by atoms with Crippen LogP contribution in [0.1, 0.15) is 34.3 Å². The van der Waals surface area contributed by atoms with Crippen LogP contribution < -0.4 is 5.32 Å².